The maximum Gasteiger partial charge on any atom is 0.0110 e. The monoisotopic (exact) mass is 280 g/mol. The number of hydrogen-bond acceptors (Lipinski definition) is 0. The summed E-state index contributed by atoms with van der Waals surface area (Å²) in [5.74, 6) is 0.994. The SMILES string of the molecule is CCC(C)(C)C1CCC(I)CC1. The van der Waals surface area contributed by atoms with E-state index in [9.17, 15) is 0 Å². The fraction of sp³-hybridized carbons (Fsp3) is 1.00. The molecule has 0 aromatic rings. The quantitative estimate of drug-likeness (QED) is 0.519. The molecule has 0 nitrogen and oxygen atoms in total. The fourth-order valence-electron chi connectivity index (χ4n) is 2.12. The van der Waals surface area contributed by atoms with Crippen LogP contribution in [0.3, 0.4) is 0 Å². The second-order valence-corrected chi connectivity index (χ2v) is 6.55. The standard InChI is InChI=1S/C11H21I/c1-4-11(2,3)9-5-7-10(12)8-6-9/h9-10H,4-8H2,1-3H3. The smallest absolute Gasteiger partial charge is 0.0110 e. The highest BCUT2D eigenvalue weighted by Crippen LogP contribution is 2.41. The Bertz CT molecular complexity index is 132. The predicted molar refractivity (Wildman–Crippen MR) is 63.8 cm³/mol. The first-order valence-corrected chi connectivity index (χ1v) is 6.45. The first-order valence-electron chi connectivity index (χ1n) is 5.20. The summed E-state index contributed by atoms with van der Waals surface area (Å²) in [4.78, 5) is 0. The zero-order valence-electron chi connectivity index (χ0n) is 8.57. The maximum absolute atomic E-state index is 2.61. The van der Waals surface area contributed by atoms with Gasteiger partial charge >= 0.3 is 0 Å². The molecule has 0 bridgehead atoms. The molecule has 0 aromatic carbocycles. The van der Waals surface area contributed by atoms with Gasteiger partial charge in [-0.3, -0.25) is 0 Å². The van der Waals surface area contributed by atoms with Crippen molar-refractivity contribution in [2.75, 3.05) is 0 Å². The molecule has 1 rings (SSSR count). The van der Waals surface area contributed by atoms with Crippen molar-refractivity contribution in [3.63, 3.8) is 0 Å². The molecule has 1 heteroatoms. The third-order valence-corrected chi connectivity index (χ3v) is 4.92. The fourth-order valence-corrected chi connectivity index (χ4v) is 2.84. The molecule has 0 saturated heterocycles. The summed E-state index contributed by atoms with van der Waals surface area (Å²) in [6.07, 6.45) is 7.18. The Balaban J connectivity index is 2.44. The molecule has 0 aliphatic heterocycles. The lowest BCUT2D eigenvalue weighted by Crippen LogP contribution is -2.27. The van der Waals surface area contributed by atoms with Crippen LogP contribution in [-0.4, -0.2) is 3.92 Å². The van der Waals surface area contributed by atoms with Gasteiger partial charge in [-0.05, 0) is 37.0 Å². The molecule has 72 valence electrons. The summed E-state index contributed by atoms with van der Waals surface area (Å²) in [6.45, 7) is 7.20. The number of hydrogen-bond donors (Lipinski definition) is 0. The third-order valence-electron chi connectivity index (χ3n) is 3.67. The Labute approximate surface area is 90.6 Å². The van der Waals surface area contributed by atoms with Gasteiger partial charge in [0.2, 0.25) is 0 Å². The van der Waals surface area contributed by atoms with Crippen LogP contribution in [0.25, 0.3) is 0 Å². The lowest BCUT2D eigenvalue weighted by molar-refractivity contribution is 0.156. The van der Waals surface area contributed by atoms with Crippen LogP contribution < -0.4 is 0 Å². The van der Waals surface area contributed by atoms with E-state index in [1.165, 1.54) is 32.1 Å². The van der Waals surface area contributed by atoms with E-state index >= 15 is 0 Å². The van der Waals surface area contributed by atoms with Crippen LogP contribution >= 0.6 is 22.6 Å². The van der Waals surface area contributed by atoms with E-state index in [0.717, 1.165) is 9.84 Å². The number of halogens is 1. The van der Waals surface area contributed by atoms with Gasteiger partial charge in [0.15, 0.2) is 0 Å². The van der Waals surface area contributed by atoms with Gasteiger partial charge in [-0.1, -0.05) is 49.8 Å². The van der Waals surface area contributed by atoms with Crippen LogP contribution in [0.5, 0.6) is 0 Å². The highest BCUT2D eigenvalue weighted by Gasteiger charge is 2.30. The first kappa shape index (κ1) is 10.8. The topological polar surface area (TPSA) is 0 Å². The summed E-state index contributed by atoms with van der Waals surface area (Å²) >= 11 is 2.61. The molecule has 0 unspecified atom stereocenters. The highest BCUT2D eigenvalue weighted by atomic mass is 127. The Morgan fingerprint density at radius 2 is 1.67 bits per heavy atom. The van der Waals surface area contributed by atoms with Gasteiger partial charge in [-0.15, -0.1) is 0 Å². The van der Waals surface area contributed by atoms with Crippen molar-refractivity contribution in [2.45, 2.75) is 56.8 Å². The van der Waals surface area contributed by atoms with Crippen molar-refractivity contribution in [1.29, 1.82) is 0 Å². The average molecular weight is 280 g/mol. The van der Waals surface area contributed by atoms with E-state index in [4.69, 9.17) is 0 Å². The zero-order chi connectivity index (χ0) is 9.19. The van der Waals surface area contributed by atoms with Crippen LogP contribution in [0.15, 0.2) is 0 Å². The van der Waals surface area contributed by atoms with E-state index in [2.05, 4.69) is 43.4 Å². The molecule has 1 fully saturated rings. The lowest BCUT2D eigenvalue weighted by atomic mass is 9.70. The predicted octanol–water partition coefficient (Wildman–Crippen LogP) is 4.42. The molecule has 0 N–H and O–H groups in total. The Morgan fingerprint density at radius 1 is 1.17 bits per heavy atom. The van der Waals surface area contributed by atoms with Crippen LogP contribution in [0.4, 0.5) is 0 Å². The molecule has 0 aromatic heterocycles. The summed E-state index contributed by atoms with van der Waals surface area (Å²) < 4.78 is 0.964. The molecule has 1 saturated carbocycles. The Hall–Kier alpha value is 0.730. The summed E-state index contributed by atoms with van der Waals surface area (Å²) in [5.41, 5.74) is 0.594. The van der Waals surface area contributed by atoms with E-state index in [-0.39, 0.29) is 0 Å². The van der Waals surface area contributed by atoms with Crippen molar-refractivity contribution in [1.82, 2.24) is 0 Å². The zero-order valence-corrected chi connectivity index (χ0v) is 10.7. The Morgan fingerprint density at radius 3 is 2.08 bits per heavy atom. The molecule has 0 spiro atoms. The largest absolute Gasteiger partial charge is 0.0826 e. The highest BCUT2D eigenvalue weighted by molar-refractivity contribution is 14.1. The second-order valence-electron chi connectivity index (χ2n) is 4.79. The second kappa shape index (κ2) is 4.30. The van der Waals surface area contributed by atoms with Crippen molar-refractivity contribution >= 4 is 22.6 Å². The van der Waals surface area contributed by atoms with Gasteiger partial charge in [0.05, 0.1) is 0 Å². The summed E-state index contributed by atoms with van der Waals surface area (Å²) in [6, 6.07) is 0. The van der Waals surface area contributed by atoms with E-state index in [0.29, 0.717) is 5.41 Å². The van der Waals surface area contributed by atoms with Crippen molar-refractivity contribution in [3.05, 3.63) is 0 Å². The first-order chi connectivity index (χ1) is 5.56. The third kappa shape index (κ3) is 2.61. The van der Waals surface area contributed by atoms with Gasteiger partial charge in [0, 0.05) is 3.92 Å². The van der Waals surface area contributed by atoms with Crippen molar-refractivity contribution < 1.29 is 0 Å². The molecule has 0 amide bonds. The number of rotatable bonds is 2. The normalized spacial score (nSPS) is 32.0. The van der Waals surface area contributed by atoms with Crippen molar-refractivity contribution in [3.8, 4) is 0 Å². The van der Waals surface area contributed by atoms with Gasteiger partial charge in [0.1, 0.15) is 0 Å². The molecular formula is C11H21I. The van der Waals surface area contributed by atoms with E-state index in [1.54, 1.807) is 0 Å². The van der Waals surface area contributed by atoms with Crippen LogP contribution in [0, 0.1) is 11.3 Å². The average Bonchev–Trinajstić information content (AvgIpc) is 2.05. The molecule has 1 aliphatic carbocycles. The molecule has 0 radical (unpaired) electrons. The molecule has 1 aliphatic rings. The summed E-state index contributed by atoms with van der Waals surface area (Å²) in [7, 11) is 0. The van der Waals surface area contributed by atoms with Crippen LogP contribution in [0.2, 0.25) is 0 Å². The van der Waals surface area contributed by atoms with E-state index < -0.39 is 0 Å². The Kier molecular flexibility index (Phi) is 3.87. The lowest BCUT2D eigenvalue weighted by Gasteiger charge is -2.37. The van der Waals surface area contributed by atoms with Gasteiger partial charge in [-0.2, -0.15) is 0 Å². The van der Waals surface area contributed by atoms with Crippen molar-refractivity contribution in [2.24, 2.45) is 11.3 Å². The minimum atomic E-state index is 0.594. The summed E-state index contributed by atoms with van der Waals surface area (Å²) in [5, 5.41) is 0. The molecule has 0 atom stereocenters. The van der Waals surface area contributed by atoms with Crippen LogP contribution in [0.1, 0.15) is 52.9 Å². The van der Waals surface area contributed by atoms with Crippen LogP contribution in [-0.2, 0) is 0 Å². The van der Waals surface area contributed by atoms with Gasteiger partial charge in [-0.25, -0.2) is 0 Å². The minimum absolute atomic E-state index is 0.594. The van der Waals surface area contributed by atoms with Gasteiger partial charge < -0.3 is 0 Å². The maximum atomic E-state index is 2.61. The van der Waals surface area contributed by atoms with E-state index in [1.807, 2.05) is 0 Å². The van der Waals surface area contributed by atoms with Gasteiger partial charge in [0.25, 0.3) is 0 Å². The molecular weight excluding hydrogens is 259 g/mol. The minimum Gasteiger partial charge on any atom is -0.0826 e. The molecule has 0 heterocycles. The molecule has 12 heavy (non-hydrogen) atoms. The number of alkyl halides is 1.